The molecule has 0 saturated carbocycles. The van der Waals surface area contributed by atoms with E-state index in [9.17, 15) is 5.11 Å². The van der Waals surface area contributed by atoms with Gasteiger partial charge in [-0.2, -0.15) is 0 Å². The van der Waals surface area contributed by atoms with E-state index < -0.39 is 5.60 Å². The molecule has 28 heavy (non-hydrogen) atoms. The van der Waals surface area contributed by atoms with Gasteiger partial charge in [-0.3, -0.25) is 9.80 Å². The van der Waals surface area contributed by atoms with Crippen molar-refractivity contribution in [3.63, 3.8) is 0 Å². The van der Waals surface area contributed by atoms with Crippen LogP contribution in [0.5, 0.6) is 11.5 Å². The Kier molecular flexibility index (Phi) is 5.61. The molecule has 3 heterocycles. The SMILES string of the molecule is CC(C)(O)C#Cc1ccc(CN2CCN(Cc3ccc4c(c3)OCO4)CC2)s1. The van der Waals surface area contributed by atoms with E-state index in [-0.39, 0.29) is 0 Å². The molecule has 0 atom stereocenters. The molecule has 1 aromatic heterocycles. The molecule has 148 valence electrons. The van der Waals surface area contributed by atoms with Crippen LogP contribution in [0.2, 0.25) is 0 Å². The van der Waals surface area contributed by atoms with Crippen molar-refractivity contribution in [1.82, 2.24) is 9.80 Å². The molecule has 1 N–H and O–H groups in total. The molecule has 0 amide bonds. The van der Waals surface area contributed by atoms with Crippen molar-refractivity contribution in [2.24, 2.45) is 0 Å². The Bertz CT molecular complexity index is 883. The van der Waals surface area contributed by atoms with Crippen molar-refractivity contribution in [1.29, 1.82) is 0 Å². The van der Waals surface area contributed by atoms with E-state index in [4.69, 9.17) is 9.47 Å². The van der Waals surface area contributed by atoms with Crippen LogP contribution < -0.4 is 9.47 Å². The summed E-state index contributed by atoms with van der Waals surface area (Å²) in [6.07, 6.45) is 0. The lowest BCUT2D eigenvalue weighted by Gasteiger charge is -2.34. The topological polar surface area (TPSA) is 45.2 Å². The van der Waals surface area contributed by atoms with E-state index in [2.05, 4.69) is 45.9 Å². The van der Waals surface area contributed by atoms with Gasteiger partial charge in [-0.15, -0.1) is 11.3 Å². The van der Waals surface area contributed by atoms with E-state index in [0.29, 0.717) is 6.79 Å². The smallest absolute Gasteiger partial charge is 0.231 e. The van der Waals surface area contributed by atoms with Crippen molar-refractivity contribution >= 4 is 11.3 Å². The van der Waals surface area contributed by atoms with E-state index in [0.717, 1.165) is 55.6 Å². The summed E-state index contributed by atoms with van der Waals surface area (Å²) in [6.45, 7) is 9.89. The number of fused-ring (bicyclic) bond motifs is 1. The molecule has 1 fully saturated rings. The predicted molar refractivity (Wildman–Crippen MR) is 111 cm³/mol. The fraction of sp³-hybridized carbons (Fsp3) is 0.455. The number of aliphatic hydroxyl groups is 1. The van der Waals surface area contributed by atoms with Gasteiger partial charge in [0.15, 0.2) is 11.5 Å². The maximum Gasteiger partial charge on any atom is 0.231 e. The third-order valence-electron chi connectivity index (χ3n) is 4.84. The first-order chi connectivity index (χ1) is 13.4. The van der Waals surface area contributed by atoms with Crippen LogP contribution in [-0.4, -0.2) is 53.5 Å². The molecule has 2 aliphatic rings. The van der Waals surface area contributed by atoms with Crippen LogP contribution in [-0.2, 0) is 13.1 Å². The summed E-state index contributed by atoms with van der Waals surface area (Å²) in [6, 6.07) is 10.4. The van der Waals surface area contributed by atoms with Crippen LogP contribution in [0.3, 0.4) is 0 Å². The van der Waals surface area contributed by atoms with Gasteiger partial charge in [0.25, 0.3) is 0 Å². The van der Waals surface area contributed by atoms with E-state index in [1.807, 2.05) is 6.07 Å². The molecule has 6 heteroatoms. The lowest BCUT2D eigenvalue weighted by Crippen LogP contribution is -2.45. The Labute approximate surface area is 170 Å². The van der Waals surface area contributed by atoms with Crippen molar-refractivity contribution in [2.45, 2.75) is 32.5 Å². The zero-order valence-electron chi connectivity index (χ0n) is 16.4. The van der Waals surface area contributed by atoms with Gasteiger partial charge in [0, 0.05) is 44.1 Å². The Morgan fingerprint density at radius 2 is 1.71 bits per heavy atom. The highest BCUT2D eigenvalue weighted by Crippen LogP contribution is 2.32. The highest BCUT2D eigenvalue weighted by molar-refractivity contribution is 7.12. The number of rotatable bonds is 4. The third-order valence-corrected chi connectivity index (χ3v) is 5.83. The van der Waals surface area contributed by atoms with E-state index in [1.54, 1.807) is 25.2 Å². The van der Waals surface area contributed by atoms with Crippen LogP contribution in [0.15, 0.2) is 30.3 Å². The lowest BCUT2D eigenvalue weighted by atomic mass is 10.1. The van der Waals surface area contributed by atoms with Crippen molar-refractivity contribution in [2.75, 3.05) is 33.0 Å². The molecule has 0 bridgehead atoms. The van der Waals surface area contributed by atoms with Crippen molar-refractivity contribution < 1.29 is 14.6 Å². The van der Waals surface area contributed by atoms with Crippen LogP contribution in [0.25, 0.3) is 0 Å². The van der Waals surface area contributed by atoms with Gasteiger partial charge in [-0.25, -0.2) is 0 Å². The minimum absolute atomic E-state index is 0.325. The maximum absolute atomic E-state index is 9.73. The maximum atomic E-state index is 9.73. The van der Waals surface area contributed by atoms with E-state index in [1.165, 1.54) is 10.4 Å². The van der Waals surface area contributed by atoms with Gasteiger partial charge in [-0.05, 0) is 43.7 Å². The van der Waals surface area contributed by atoms with Crippen molar-refractivity contribution in [3.8, 4) is 23.3 Å². The Morgan fingerprint density at radius 1 is 1.00 bits per heavy atom. The average molecular weight is 399 g/mol. The quantitative estimate of drug-likeness (QED) is 0.803. The van der Waals surface area contributed by atoms with Gasteiger partial charge < -0.3 is 14.6 Å². The second-order valence-electron chi connectivity index (χ2n) is 7.81. The Morgan fingerprint density at radius 3 is 2.46 bits per heavy atom. The molecular weight excluding hydrogens is 372 g/mol. The Balaban J connectivity index is 1.26. The number of thiophene rings is 1. The van der Waals surface area contributed by atoms with Gasteiger partial charge in [0.1, 0.15) is 5.60 Å². The van der Waals surface area contributed by atoms with Gasteiger partial charge in [0.2, 0.25) is 6.79 Å². The minimum Gasteiger partial charge on any atom is -0.454 e. The first-order valence-corrected chi connectivity index (χ1v) is 10.4. The number of nitrogens with zero attached hydrogens (tertiary/aromatic N) is 2. The number of piperazine rings is 1. The summed E-state index contributed by atoms with van der Waals surface area (Å²) < 4.78 is 10.9. The van der Waals surface area contributed by atoms with Crippen LogP contribution >= 0.6 is 11.3 Å². The molecule has 1 saturated heterocycles. The molecule has 0 unspecified atom stereocenters. The molecule has 5 nitrogen and oxygen atoms in total. The standard InChI is InChI=1S/C22H26N2O3S/c1-22(2,25)8-7-18-4-5-19(28-18)15-24-11-9-23(10-12-24)14-17-3-6-20-21(13-17)27-16-26-20/h3-6,13,25H,9-12,14-16H2,1-2H3. The normalized spacial score (nSPS) is 17.4. The zero-order valence-corrected chi connectivity index (χ0v) is 17.2. The summed E-state index contributed by atoms with van der Waals surface area (Å²) >= 11 is 1.72. The molecule has 0 spiro atoms. The molecule has 4 rings (SSSR count). The summed E-state index contributed by atoms with van der Waals surface area (Å²) in [5.41, 5.74) is 0.323. The molecule has 0 aliphatic carbocycles. The third kappa shape index (κ3) is 5.06. The number of hydrogen-bond donors (Lipinski definition) is 1. The molecule has 2 aromatic rings. The highest BCUT2D eigenvalue weighted by atomic mass is 32.1. The lowest BCUT2D eigenvalue weighted by molar-refractivity contribution is 0.122. The van der Waals surface area contributed by atoms with Crippen LogP contribution in [0.4, 0.5) is 0 Å². The number of benzene rings is 1. The molecule has 2 aliphatic heterocycles. The summed E-state index contributed by atoms with van der Waals surface area (Å²) in [5.74, 6) is 7.65. The predicted octanol–water partition coefficient (Wildman–Crippen LogP) is 2.92. The van der Waals surface area contributed by atoms with Gasteiger partial charge in [0.05, 0.1) is 4.88 Å². The number of ether oxygens (including phenoxy) is 2. The Hall–Kier alpha value is -2.04. The van der Waals surface area contributed by atoms with Gasteiger partial charge in [-0.1, -0.05) is 17.9 Å². The van der Waals surface area contributed by atoms with Crippen LogP contribution in [0, 0.1) is 11.8 Å². The minimum atomic E-state index is -0.946. The van der Waals surface area contributed by atoms with Crippen LogP contribution in [0.1, 0.15) is 29.2 Å². The fourth-order valence-corrected chi connectivity index (χ4v) is 4.27. The highest BCUT2D eigenvalue weighted by Gasteiger charge is 2.19. The monoisotopic (exact) mass is 398 g/mol. The fourth-order valence-electron chi connectivity index (χ4n) is 3.37. The molecule has 0 radical (unpaired) electrons. The average Bonchev–Trinajstić information content (AvgIpc) is 3.30. The number of hydrogen-bond acceptors (Lipinski definition) is 6. The summed E-state index contributed by atoms with van der Waals surface area (Å²) in [7, 11) is 0. The zero-order chi connectivity index (χ0) is 19.6. The first kappa shape index (κ1) is 19.3. The summed E-state index contributed by atoms with van der Waals surface area (Å²) in [5, 5.41) is 9.73. The largest absolute Gasteiger partial charge is 0.454 e. The van der Waals surface area contributed by atoms with E-state index >= 15 is 0 Å². The second-order valence-corrected chi connectivity index (χ2v) is 8.98. The van der Waals surface area contributed by atoms with Gasteiger partial charge >= 0.3 is 0 Å². The first-order valence-electron chi connectivity index (χ1n) is 9.62. The molecular formula is C22H26N2O3S. The van der Waals surface area contributed by atoms with Crippen molar-refractivity contribution in [3.05, 3.63) is 45.6 Å². The second kappa shape index (κ2) is 8.14. The summed E-state index contributed by atoms with van der Waals surface area (Å²) in [4.78, 5) is 7.32. The molecule has 1 aromatic carbocycles.